The van der Waals surface area contributed by atoms with Crippen LogP contribution in [0.25, 0.3) is 0 Å². The summed E-state index contributed by atoms with van der Waals surface area (Å²) in [4.78, 5) is 14.8. The third-order valence-corrected chi connectivity index (χ3v) is 12.5. The van der Waals surface area contributed by atoms with Crippen molar-refractivity contribution in [3.63, 3.8) is 0 Å². The molecule has 1 heterocycles. The lowest BCUT2D eigenvalue weighted by Gasteiger charge is -2.08. The molecule has 0 aromatic carbocycles. The average molecular weight is 782 g/mol. The van der Waals surface area contributed by atoms with Crippen molar-refractivity contribution in [3.8, 4) is 0 Å². The van der Waals surface area contributed by atoms with Crippen LogP contribution < -0.4 is 0 Å². The van der Waals surface area contributed by atoms with Gasteiger partial charge in [0, 0.05) is 19.3 Å². The molecular formula is C53H103N3. The van der Waals surface area contributed by atoms with Gasteiger partial charge >= 0.3 is 0 Å². The average Bonchev–Trinajstić information content (AvgIpc) is 3.21. The van der Waals surface area contributed by atoms with E-state index in [-0.39, 0.29) is 0 Å². The number of aryl methyl sites for hydroxylation is 3. The van der Waals surface area contributed by atoms with E-state index in [0.29, 0.717) is 0 Å². The zero-order valence-electron chi connectivity index (χ0n) is 39.1. The van der Waals surface area contributed by atoms with Crippen molar-refractivity contribution in [1.82, 2.24) is 15.0 Å². The van der Waals surface area contributed by atoms with Gasteiger partial charge in [0.2, 0.25) is 0 Å². The van der Waals surface area contributed by atoms with E-state index in [0.717, 1.165) is 36.7 Å². The zero-order valence-corrected chi connectivity index (χ0v) is 39.1. The highest BCUT2D eigenvalue weighted by Gasteiger charge is 2.08. The van der Waals surface area contributed by atoms with Crippen LogP contribution >= 0.6 is 0 Å². The fourth-order valence-electron chi connectivity index (χ4n) is 8.62. The summed E-state index contributed by atoms with van der Waals surface area (Å²) in [5.41, 5.74) is 0. The van der Waals surface area contributed by atoms with Crippen LogP contribution in [-0.4, -0.2) is 15.0 Å². The van der Waals surface area contributed by atoms with Crippen molar-refractivity contribution in [2.75, 3.05) is 0 Å². The summed E-state index contributed by atoms with van der Waals surface area (Å²) in [6, 6.07) is 0. The lowest BCUT2D eigenvalue weighted by atomic mass is 10.0. The molecule has 330 valence electrons. The molecule has 0 radical (unpaired) electrons. The first-order valence-electron chi connectivity index (χ1n) is 26.5. The van der Waals surface area contributed by atoms with Crippen molar-refractivity contribution in [1.29, 1.82) is 0 Å². The fraction of sp³-hybridized carbons (Fsp3) is 0.943. The minimum absolute atomic E-state index is 1.01. The van der Waals surface area contributed by atoms with Crippen molar-refractivity contribution in [3.05, 3.63) is 17.5 Å². The molecule has 0 aliphatic heterocycles. The Bertz CT molecular complexity index is 819. The highest BCUT2D eigenvalue weighted by Crippen LogP contribution is 2.18. The quantitative estimate of drug-likeness (QED) is 0.0618. The normalized spacial score (nSPS) is 11.6. The molecule has 0 N–H and O–H groups in total. The van der Waals surface area contributed by atoms with Crippen LogP contribution in [0.15, 0.2) is 0 Å². The minimum atomic E-state index is 1.01. The Morgan fingerprint density at radius 3 is 0.500 bits per heavy atom. The van der Waals surface area contributed by atoms with Crippen molar-refractivity contribution < 1.29 is 0 Å². The number of unbranched alkanes of at least 4 members (excludes halogenated alkanes) is 41. The summed E-state index contributed by atoms with van der Waals surface area (Å²) in [6.07, 6.45) is 65.6. The second-order valence-electron chi connectivity index (χ2n) is 18.3. The van der Waals surface area contributed by atoms with Gasteiger partial charge in [-0.25, -0.2) is 15.0 Å². The van der Waals surface area contributed by atoms with Crippen LogP contribution in [0.5, 0.6) is 0 Å². The Labute approximate surface area is 353 Å². The lowest BCUT2D eigenvalue weighted by Crippen LogP contribution is -2.08. The first kappa shape index (κ1) is 53.0. The van der Waals surface area contributed by atoms with Gasteiger partial charge in [-0.2, -0.15) is 0 Å². The summed E-state index contributed by atoms with van der Waals surface area (Å²) < 4.78 is 0. The van der Waals surface area contributed by atoms with Gasteiger partial charge in [-0.05, 0) is 19.3 Å². The SMILES string of the molecule is CCCCCCCCCCCCCCCCCCCCCCCc1nc(CCCC)nc(CCCCCCCCCCCCCCCCCCCCCCC)n1. The molecule has 3 heteroatoms. The fourth-order valence-corrected chi connectivity index (χ4v) is 8.62. The molecule has 0 unspecified atom stereocenters. The lowest BCUT2D eigenvalue weighted by molar-refractivity contribution is 0.519. The van der Waals surface area contributed by atoms with Gasteiger partial charge in [0.1, 0.15) is 17.5 Å². The Hall–Kier alpha value is -0.990. The Morgan fingerprint density at radius 1 is 0.179 bits per heavy atom. The second kappa shape index (κ2) is 45.1. The van der Waals surface area contributed by atoms with E-state index in [1.54, 1.807) is 0 Å². The molecule has 0 aliphatic rings. The van der Waals surface area contributed by atoms with E-state index >= 15 is 0 Å². The van der Waals surface area contributed by atoms with E-state index < -0.39 is 0 Å². The van der Waals surface area contributed by atoms with Crippen LogP contribution in [0.2, 0.25) is 0 Å². The smallest absolute Gasteiger partial charge is 0.132 e. The predicted octanol–water partition coefficient (Wildman–Crippen LogP) is 18.7. The molecule has 0 amide bonds. The summed E-state index contributed by atoms with van der Waals surface area (Å²) in [5, 5.41) is 0. The Kier molecular flexibility index (Phi) is 42.7. The number of rotatable bonds is 47. The van der Waals surface area contributed by atoms with Crippen LogP contribution in [0.4, 0.5) is 0 Å². The molecular weight excluding hydrogens is 679 g/mol. The number of nitrogens with zero attached hydrogens (tertiary/aromatic N) is 3. The largest absolute Gasteiger partial charge is 0.218 e. The van der Waals surface area contributed by atoms with E-state index in [9.17, 15) is 0 Å². The monoisotopic (exact) mass is 782 g/mol. The molecule has 0 atom stereocenters. The molecule has 0 spiro atoms. The summed E-state index contributed by atoms with van der Waals surface area (Å²) in [6.45, 7) is 6.88. The third-order valence-electron chi connectivity index (χ3n) is 12.5. The standard InChI is InChI=1S/C53H103N3/c1-4-7-10-12-14-16-18-20-22-24-26-28-30-32-34-36-38-40-42-44-46-49-52-54-51(48-9-6-3)55-53(56-52)50-47-45-43-41-39-37-35-33-31-29-27-25-23-21-19-17-15-13-11-8-5-2/h4-50H2,1-3H3. The van der Waals surface area contributed by atoms with E-state index in [4.69, 9.17) is 15.0 Å². The highest BCUT2D eigenvalue weighted by molar-refractivity contribution is 4.99. The molecule has 1 rings (SSSR count). The van der Waals surface area contributed by atoms with Gasteiger partial charge in [0.15, 0.2) is 0 Å². The number of hydrogen-bond acceptors (Lipinski definition) is 3. The van der Waals surface area contributed by atoms with Crippen LogP contribution in [-0.2, 0) is 19.3 Å². The molecule has 3 nitrogen and oxygen atoms in total. The maximum atomic E-state index is 4.96. The highest BCUT2D eigenvalue weighted by atomic mass is 15.0. The van der Waals surface area contributed by atoms with Crippen LogP contribution in [0.1, 0.15) is 321 Å². The molecule has 0 bridgehead atoms. The second-order valence-corrected chi connectivity index (χ2v) is 18.3. The topological polar surface area (TPSA) is 38.7 Å². The van der Waals surface area contributed by atoms with Crippen molar-refractivity contribution >= 4 is 0 Å². The molecule has 0 saturated carbocycles. The van der Waals surface area contributed by atoms with Gasteiger partial charge < -0.3 is 0 Å². The first-order chi connectivity index (χ1) is 27.8. The van der Waals surface area contributed by atoms with E-state index in [2.05, 4.69) is 20.8 Å². The predicted molar refractivity (Wildman–Crippen MR) is 251 cm³/mol. The zero-order chi connectivity index (χ0) is 40.1. The Balaban J connectivity index is 1.97. The van der Waals surface area contributed by atoms with E-state index in [1.807, 2.05) is 0 Å². The van der Waals surface area contributed by atoms with Crippen molar-refractivity contribution in [2.45, 2.75) is 323 Å². The Morgan fingerprint density at radius 2 is 0.321 bits per heavy atom. The summed E-state index contributed by atoms with van der Waals surface area (Å²) in [7, 11) is 0. The van der Waals surface area contributed by atoms with Gasteiger partial charge in [-0.3, -0.25) is 0 Å². The molecule has 0 saturated heterocycles. The number of aromatic nitrogens is 3. The number of hydrogen-bond donors (Lipinski definition) is 0. The minimum Gasteiger partial charge on any atom is -0.218 e. The van der Waals surface area contributed by atoms with Gasteiger partial charge in [0.05, 0.1) is 0 Å². The van der Waals surface area contributed by atoms with Crippen LogP contribution in [0, 0.1) is 0 Å². The molecule has 1 aromatic rings. The molecule has 0 aliphatic carbocycles. The van der Waals surface area contributed by atoms with Gasteiger partial charge in [0.25, 0.3) is 0 Å². The molecule has 56 heavy (non-hydrogen) atoms. The van der Waals surface area contributed by atoms with E-state index in [1.165, 1.54) is 283 Å². The molecule has 1 aromatic heterocycles. The molecule has 0 fully saturated rings. The van der Waals surface area contributed by atoms with Gasteiger partial charge in [-0.1, -0.05) is 284 Å². The van der Waals surface area contributed by atoms with Gasteiger partial charge in [-0.15, -0.1) is 0 Å². The van der Waals surface area contributed by atoms with Crippen LogP contribution in [0.3, 0.4) is 0 Å². The summed E-state index contributed by atoms with van der Waals surface area (Å²) >= 11 is 0. The van der Waals surface area contributed by atoms with Crippen molar-refractivity contribution in [2.24, 2.45) is 0 Å². The third kappa shape index (κ3) is 38.5. The first-order valence-corrected chi connectivity index (χ1v) is 26.5. The maximum Gasteiger partial charge on any atom is 0.132 e. The summed E-state index contributed by atoms with van der Waals surface area (Å²) in [5.74, 6) is 3.20. The maximum absolute atomic E-state index is 4.96.